The molecule has 0 aromatic heterocycles. The van der Waals surface area contributed by atoms with Gasteiger partial charge >= 0.3 is 11.9 Å². The van der Waals surface area contributed by atoms with Crippen molar-refractivity contribution < 1.29 is 19.4 Å². The molecule has 0 saturated carbocycles. The zero-order valence-electron chi connectivity index (χ0n) is 19.2. The lowest BCUT2D eigenvalue weighted by Gasteiger charge is -2.36. The number of fused-ring (bicyclic) bond motifs is 3. The molecule has 4 rings (SSSR count). The lowest BCUT2D eigenvalue weighted by atomic mass is 9.79. The van der Waals surface area contributed by atoms with Crippen molar-refractivity contribution in [1.82, 2.24) is 5.32 Å². The predicted molar refractivity (Wildman–Crippen MR) is 128 cm³/mol. The predicted octanol–water partition coefficient (Wildman–Crippen LogP) is 5.12. The normalized spacial score (nSPS) is 14.8. The first-order valence-corrected chi connectivity index (χ1v) is 11.2. The Hall–Kier alpha value is -3.44. The Labute approximate surface area is 194 Å². The van der Waals surface area contributed by atoms with Crippen molar-refractivity contribution in [2.45, 2.75) is 50.8 Å². The molecule has 0 saturated heterocycles. The van der Waals surface area contributed by atoms with Gasteiger partial charge in [-0.25, -0.2) is 0 Å². The van der Waals surface area contributed by atoms with E-state index in [0.29, 0.717) is 0 Å². The van der Waals surface area contributed by atoms with E-state index in [1.165, 1.54) is 0 Å². The highest BCUT2D eigenvalue weighted by atomic mass is 16.6. The van der Waals surface area contributed by atoms with Crippen LogP contribution >= 0.6 is 0 Å². The molecule has 0 amide bonds. The summed E-state index contributed by atoms with van der Waals surface area (Å²) in [6, 6.07) is 25.1. The van der Waals surface area contributed by atoms with Gasteiger partial charge in [0.15, 0.2) is 0 Å². The summed E-state index contributed by atoms with van der Waals surface area (Å²) in [7, 11) is 0. The number of nitrogens with one attached hydrogen (secondary N) is 1. The van der Waals surface area contributed by atoms with Gasteiger partial charge < -0.3 is 9.84 Å². The SMILES string of the molecule is CC(C)(C)OC(=O)CC[C@H](NC1(c2ccccc2)c2ccccc2-c2ccccc21)C(=O)O. The molecule has 0 bridgehead atoms. The van der Waals surface area contributed by atoms with Crippen LogP contribution in [-0.4, -0.2) is 28.7 Å². The van der Waals surface area contributed by atoms with Gasteiger partial charge in [0.2, 0.25) is 0 Å². The maximum atomic E-state index is 12.4. The Kier molecular flexibility index (Phi) is 6.09. The van der Waals surface area contributed by atoms with E-state index in [-0.39, 0.29) is 12.8 Å². The van der Waals surface area contributed by atoms with Crippen molar-refractivity contribution in [1.29, 1.82) is 0 Å². The topological polar surface area (TPSA) is 75.6 Å². The minimum Gasteiger partial charge on any atom is -0.480 e. The van der Waals surface area contributed by atoms with Crippen LogP contribution < -0.4 is 5.32 Å². The van der Waals surface area contributed by atoms with Crippen LogP contribution in [0.3, 0.4) is 0 Å². The van der Waals surface area contributed by atoms with Gasteiger partial charge in [-0.1, -0.05) is 78.9 Å². The Morgan fingerprint density at radius 3 is 1.91 bits per heavy atom. The van der Waals surface area contributed by atoms with Gasteiger partial charge in [0.1, 0.15) is 11.6 Å². The number of carboxylic acids is 1. The van der Waals surface area contributed by atoms with Crippen LogP contribution in [0.15, 0.2) is 78.9 Å². The molecule has 1 aliphatic carbocycles. The van der Waals surface area contributed by atoms with Gasteiger partial charge in [0.05, 0.1) is 5.54 Å². The molecule has 33 heavy (non-hydrogen) atoms. The van der Waals surface area contributed by atoms with Crippen molar-refractivity contribution in [3.05, 3.63) is 95.6 Å². The van der Waals surface area contributed by atoms with E-state index < -0.39 is 29.1 Å². The zero-order valence-corrected chi connectivity index (χ0v) is 19.2. The fourth-order valence-corrected chi connectivity index (χ4v) is 4.65. The molecule has 0 fully saturated rings. The van der Waals surface area contributed by atoms with Crippen molar-refractivity contribution in [3.8, 4) is 11.1 Å². The van der Waals surface area contributed by atoms with E-state index in [1.807, 2.05) is 66.7 Å². The Morgan fingerprint density at radius 2 is 1.39 bits per heavy atom. The number of carbonyl (C=O) groups excluding carboxylic acids is 1. The van der Waals surface area contributed by atoms with Gasteiger partial charge in [-0.2, -0.15) is 0 Å². The second-order valence-corrected chi connectivity index (χ2v) is 9.37. The average Bonchev–Trinajstić information content (AvgIpc) is 3.07. The average molecular weight is 444 g/mol. The summed E-state index contributed by atoms with van der Waals surface area (Å²) in [4.78, 5) is 24.7. The number of benzene rings is 3. The van der Waals surface area contributed by atoms with Crippen LogP contribution in [0.25, 0.3) is 11.1 Å². The van der Waals surface area contributed by atoms with Gasteiger partial charge in [0, 0.05) is 6.42 Å². The molecule has 0 heterocycles. The van der Waals surface area contributed by atoms with E-state index in [2.05, 4.69) is 17.4 Å². The monoisotopic (exact) mass is 443 g/mol. The molecule has 1 atom stereocenters. The summed E-state index contributed by atoms with van der Waals surface area (Å²) in [6.45, 7) is 5.40. The van der Waals surface area contributed by atoms with Crippen molar-refractivity contribution in [2.24, 2.45) is 0 Å². The molecule has 0 radical (unpaired) electrons. The number of esters is 1. The number of carboxylic acid groups (broad SMARTS) is 1. The second kappa shape index (κ2) is 8.83. The van der Waals surface area contributed by atoms with E-state index in [0.717, 1.165) is 27.8 Å². The first-order valence-electron chi connectivity index (χ1n) is 11.2. The van der Waals surface area contributed by atoms with Crippen molar-refractivity contribution in [2.75, 3.05) is 0 Å². The first kappa shape index (κ1) is 22.7. The molecule has 5 nitrogen and oxygen atoms in total. The molecular weight excluding hydrogens is 414 g/mol. The van der Waals surface area contributed by atoms with E-state index in [4.69, 9.17) is 4.74 Å². The molecule has 5 heteroatoms. The van der Waals surface area contributed by atoms with Gasteiger partial charge in [0.25, 0.3) is 0 Å². The van der Waals surface area contributed by atoms with Crippen LogP contribution in [0.2, 0.25) is 0 Å². The summed E-state index contributed by atoms with van der Waals surface area (Å²) < 4.78 is 5.40. The fraction of sp³-hybridized carbons (Fsp3) is 0.286. The molecular formula is C28H29NO4. The fourth-order valence-electron chi connectivity index (χ4n) is 4.65. The summed E-state index contributed by atoms with van der Waals surface area (Å²) in [5.74, 6) is -1.41. The minimum absolute atomic E-state index is 0.00933. The number of carbonyl (C=O) groups is 2. The number of ether oxygens (including phenoxy) is 1. The first-order chi connectivity index (χ1) is 15.7. The number of hydrogen-bond donors (Lipinski definition) is 2. The highest BCUT2D eigenvalue weighted by molar-refractivity contribution is 5.84. The molecule has 170 valence electrons. The molecule has 1 aliphatic rings. The molecule has 0 spiro atoms. The van der Waals surface area contributed by atoms with Gasteiger partial charge in [-0.15, -0.1) is 0 Å². The smallest absolute Gasteiger partial charge is 0.320 e. The van der Waals surface area contributed by atoms with Crippen LogP contribution in [0.1, 0.15) is 50.3 Å². The van der Waals surface area contributed by atoms with Gasteiger partial charge in [-0.3, -0.25) is 14.9 Å². The number of rotatable bonds is 7. The summed E-state index contributed by atoms with van der Waals surface area (Å²) in [6.07, 6.45) is 0.124. The molecule has 0 unspecified atom stereocenters. The van der Waals surface area contributed by atoms with E-state index in [1.54, 1.807) is 20.8 Å². The molecule has 0 aliphatic heterocycles. The van der Waals surface area contributed by atoms with E-state index >= 15 is 0 Å². The standard InChI is InChI=1S/C28H29NO4/c1-27(2,3)33-25(30)18-17-24(26(31)32)29-28(19-11-5-4-6-12-19)22-15-9-7-13-20(22)21-14-8-10-16-23(21)28/h4-16,24,29H,17-18H2,1-3H3,(H,31,32)/t24-/m0/s1. The van der Waals surface area contributed by atoms with E-state index in [9.17, 15) is 14.7 Å². The number of aliphatic carboxylic acids is 1. The highest BCUT2D eigenvalue weighted by Crippen LogP contribution is 2.51. The highest BCUT2D eigenvalue weighted by Gasteiger charge is 2.46. The van der Waals surface area contributed by atoms with Crippen LogP contribution in [0.4, 0.5) is 0 Å². The third-order valence-corrected chi connectivity index (χ3v) is 5.91. The van der Waals surface area contributed by atoms with Crippen LogP contribution in [0, 0.1) is 0 Å². The number of hydrogen-bond acceptors (Lipinski definition) is 4. The lowest BCUT2D eigenvalue weighted by Crippen LogP contribution is -2.51. The summed E-state index contributed by atoms with van der Waals surface area (Å²) >= 11 is 0. The molecule has 3 aromatic rings. The summed E-state index contributed by atoms with van der Waals surface area (Å²) in [5.41, 5.74) is 3.62. The Bertz CT molecular complexity index is 1120. The lowest BCUT2D eigenvalue weighted by molar-refractivity contribution is -0.155. The Balaban J connectivity index is 1.78. The quantitative estimate of drug-likeness (QED) is 0.496. The maximum Gasteiger partial charge on any atom is 0.320 e. The third-order valence-electron chi connectivity index (χ3n) is 5.91. The third kappa shape index (κ3) is 4.41. The van der Waals surface area contributed by atoms with Crippen molar-refractivity contribution in [3.63, 3.8) is 0 Å². The van der Waals surface area contributed by atoms with Crippen LogP contribution in [-0.2, 0) is 19.9 Å². The minimum atomic E-state index is -1.00. The summed E-state index contributed by atoms with van der Waals surface area (Å²) in [5, 5.41) is 13.6. The largest absolute Gasteiger partial charge is 0.480 e. The maximum absolute atomic E-state index is 12.4. The second-order valence-electron chi connectivity index (χ2n) is 9.37. The molecule has 2 N–H and O–H groups in total. The van der Waals surface area contributed by atoms with Crippen LogP contribution in [0.5, 0.6) is 0 Å². The molecule has 3 aromatic carbocycles. The zero-order chi connectivity index (χ0) is 23.6. The van der Waals surface area contributed by atoms with Crippen molar-refractivity contribution >= 4 is 11.9 Å². The van der Waals surface area contributed by atoms with Gasteiger partial charge in [-0.05, 0) is 55.0 Å². The Morgan fingerprint density at radius 1 is 0.879 bits per heavy atom.